The number of aromatic nitrogens is 1. The van der Waals surface area contributed by atoms with Crippen LogP contribution in [-0.2, 0) is 26.1 Å². The molecule has 0 amide bonds. The number of benzene rings is 1. The highest BCUT2D eigenvalue weighted by Crippen LogP contribution is 2.25. The van der Waals surface area contributed by atoms with Crippen molar-refractivity contribution in [2.75, 3.05) is 19.8 Å². The quantitative estimate of drug-likeness (QED) is 0.0529. The number of hydrogen-bond donors (Lipinski definition) is 0. The van der Waals surface area contributed by atoms with Crippen LogP contribution >= 0.6 is 11.3 Å². The average Bonchev–Trinajstić information content (AvgIpc) is 3.75. The van der Waals surface area contributed by atoms with E-state index >= 15 is 0 Å². The first kappa shape index (κ1) is 41.8. The zero-order valence-electron chi connectivity index (χ0n) is 29.9. The van der Waals surface area contributed by atoms with E-state index in [1.54, 1.807) is 23.5 Å². The van der Waals surface area contributed by atoms with Gasteiger partial charge in [0.15, 0.2) is 6.20 Å². The molecule has 1 fully saturated rings. The summed E-state index contributed by atoms with van der Waals surface area (Å²) in [7, 11) is -4.27. The molecule has 1 saturated heterocycles. The van der Waals surface area contributed by atoms with Crippen molar-refractivity contribution in [3.8, 4) is 0 Å². The minimum Gasteiger partial charge on any atom is -0.744 e. The van der Waals surface area contributed by atoms with Gasteiger partial charge in [-0.05, 0) is 50.7 Å². The summed E-state index contributed by atoms with van der Waals surface area (Å²) in [6, 6.07) is 5.78. The second-order valence-electron chi connectivity index (χ2n) is 13.7. The van der Waals surface area contributed by atoms with Gasteiger partial charge in [0.2, 0.25) is 5.51 Å². The van der Waals surface area contributed by atoms with Gasteiger partial charge in [0.25, 0.3) is 0 Å². The van der Waals surface area contributed by atoms with Crippen molar-refractivity contribution >= 4 is 21.5 Å². The van der Waals surface area contributed by atoms with E-state index < -0.39 is 10.1 Å². The number of ether oxygens (including phenoxy) is 2. The molecule has 0 unspecified atom stereocenters. The highest BCUT2D eigenvalue weighted by molar-refractivity contribution is 7.85. The Kier molecular flexibility index (Phi) is 24.5. The van der Waals surface area contributed by atoms with Gasteiger partial charge in [0, 0.05) is 19.6 Å². The third kappa shape index (κ3) is 22.9. The van der Waals surface area contributed by atoms with Crippen LogP contribution in [0.25, 0.3) is 0 Å². The van der Waals surface area contributed by atoms with Gasteiger partial charge >= 0.3 is 0 Å². The Hall–Kier alpha value is -1.32. The minimum absolute atomic E-state index is 0.178. The summed E-state index contributed by atoms with van der Waals surface area (Å²) >= 11 is 1.78. The Morgan fingerprint density at radius 2 is 1.36 bits per heavy atom. The zero-order chi connectivity index (χ0) is 33.8. The Morgan fingerprint density at radius 1 is 0.809 bits per heavy atom. The van der Waals surface area contributed by atoms with Crippen LogP contribution in [0.4, 0.5) is 0 Å². The van der Waals surface area contributed by atoms with Crippen LogP contribution in [-0.4, -0.2) is 38.9 Å². The smallest absolute Gasteiger partial charge is 0.224 e. The predicted octanol–water partition coefficient (Wildman–Crippen LogP) is 10.6. The van der Waals surface area contributed by atoms with Crippen LogP contribution < -0.4 is 4.57 Å². The van der Waals surface area contributed by atoms with Gasteiger partial charge in [0.1, 0.15) is 16.7 Å². The van der Waals surface area contributed by atoms with E-state index in [0.717, 1.165) is 31.3 Å². The van der Waals surface area contributed by atoms with E-state index in [0.29, 0.717) is 6.10 Å². The summed E-state index contributed by atoms with van der Waals surface area (Å²) in [5.74, 6) is 0.781. The summed E-state index contributed by atoms with van der Waals surface area (Å²) in [4.78, 5) is -0.178. The Morgan fingerprint density at radius 3 is 1.91 bits per heavy atom. The molecule has 1 aromatic carbocycles. The number of thiazole rings is 1. The number of hydrogen-bond acceptors (Lipinski definition) is 6. The largest absolute Gasteiger partial charge is 0.744 e. The van der Waals surface area contributed by atoms with Crippen molar-refractivity contribution in [2.24, 2.45) is 5.92 Å². The van der Waals surface area contributed by atoms with Crippen LogP contribution in [0.1, 0.15) is 154 Å². The number of rotatable bonds is 27. The fourth-order valence-electron chi connectivity index (χ4n) is 6.24. The Labute approximate surface area is 292 Å². The van der Waals surface area contributed by atoms with Gasteiger partial charge in [-0.2, -0.15) is 4.57 Å². The standard InChI is InChI=1S/C32H60NO2S.C7H8O3S/c1-2-3-4-5-6-7-8-9-10-11-12-13-16-19-22-31-27-32(35-28-31)29-34-25-21-18-15-14-17-20-23-33-24-26-36-30-33;1-6-2-4-7(5-3-6)11(8,9)10/h24,26,30-32H,2-23,25,27-29H2,1H3;2-5H,1H3,(H,8,9,10)/q+1;/p-1/t31-,32+;/m0./s1. The lowest BCUT2D eigenvalue weighted by Crippen LogP contribution is -2.29. The summed E-state index contributed by atoms with van der Waals surface area (Å²) in [6.07, 6.45) is 33.2. The lowest BCUT2D eigenvalue weighted by Gasteiger charge is -2.10. The van der Waals surface area contributed by atoms with Crippen LogP contribution in [0.15, 0.2) is 46.2 Å². The molecule has 0 spiro atoms. The average molecular weight is 694 g/mol. The third-order valence-corrected chi connectivity index (χ3v) is 10.7. The fourth-order valence-corrected chi connectivity index (χ4v) is 7.34. The summed E-state index contributed by atoms with van der Waals surface area (Å²) in [5.41, 5.74) is 3.13. The minimum atomic E-state index is -4.27. The molecule has 6 nitrogen and oxygen atoms in total. The number of nitrogens with zero attached hydrogens (tertiary/aromatic N) is 1. The van der Waals surface area contributed by atoms with Crippen LogP contribution in [0.5, 0.6) is 0 Å². The van der Waals surface area contributed by atoms with Crippen LogP contribution in [0.3, 0.4) is 0 Å². The molecule has 2 aromatic rings. The van der Waals surface area contributed by atoms with Gasteiger partial charge in [-0.15, -0.1) is 0 Å². The molecule has 0 radical (unpaired) electrons. The topological polar surface area (TPSA) is 79.5 Å². The third-order valence-electron chi connectivity index (χ3n) is 9.23. The van der Waals surface area contributed by atoms with E-state index in [-0.39, 0.29) is 4.90 Å². The molecular formula is C39H67NO5S2. The van der Waals surface area contributed by atoms with Crippen molar-refractivity contribution in [3.05, 3.63) is 46.9 Å². The van der Waals surface area contributed by atoms with Crippen LogP contribution in [0, 0.1) is 12.8 Å². The van der Waals surface area contributed by atoms with Crippen LogP contribution in [0.2, 0.25) is 0 Å². The van der Waals surface area contributed by atoms with E-state index in [1.165, 1.54) is 160 Å². The molecule has 270 valence electrons. The van der Waals surface area contributed by atoms with Gasteiger partial charge in [-0.1, -0.05) is 145 Å². The molecule has 0 aliphatic carbocycles. The van der Waals surface area contributed by atoms with E-state index in [2.05, 4.69) is 28.6 Å². The van der Waals surface area contributed by atoms with E-state index in [4.69, 9.17) is 9.47 Å². The van der Waals surface area contributed by atoms with E-state index in [9.17, 15) is 13.0 Å². The van der Waals surface area contributed by atoms with Crippen molar-refractivity contribution < 1.29 is 27.0 Å². The molecule has 1 aliphatic rings. The fraction of sp³-hybridized carbons (Fsp3) is 0.769. The second kappa shape index (κ2) is 27.5. The summed E-state index contributed by atoms with van der Waals surface area (Å²) in [5, 5.41) is 2.15. The first-order chi connectivity index (χ1) is 22.9. The molecule has 1 aromatic heterocycles. The summed E-state index contributed by atoms with van der Waals surface area (Å²) in [6.45, 7) is 7.99. The first-order valence-electron chi connectivity index (χ1n) is 19.0. The van der Waals surface area contributed by atoms with Crippen molar-refractivity contribution in [3.63, 3.8) is 0 Å². The van der Waals surface area contributed by atoms with Gasteiger partial charge < -0.3 is 14.0 Å². The maximum atomic E-state index is 10.4. The molecule has 3 rings (SSSR count). The number of aryl methyl sites for hydroxylation is 2. The first-order valence-corrected chi connectivity index (χ1v) is 21.4. The highest BCUT2D eigenvalue weighted by Gasteiger charge is 2.25. The normalized spacial score (nSPS) is 16.3. The molecule has 2 atom stereocenters. The van der Waals surface area contributed by atoms with Crippen molar-refractivity contribution in [1.82, 2.24) is 0 Å². The van der Waals surface area contributed by atoms with Crippen molar-refractivity contribution in [1.29, 1.82) is 0 Å². The molecular weight excluding hydrogens is 627 g/mol. The predicted molar refractivity (Wildman–Crippen MR) is 195 cm³/mol. The molecule has 47 heavy (non-hydrogen) atoms. The molecule has 0 N–H and O–H groups in total. The maximum Gasteiger partial charge on any atom is 0.224 e. The maximum absolute atomic E-state index is 10.4. The molecule has 1 aliphatic heterocycles. The Bertz CT molecular complexity index is 1080. The highest BCUT2D eigenvalue weighted by atomic mass is 32.2. The molecule has 0 saturated carbocycles. The lowest BCUT2D eigenvalue weighted by atomic mass is 9.97. The Balaban J connectivity index is 0.000000587. The second-order valence-corrected chi connectivity index (χ2v) is 15.8. The number of unbranched alkanes of at least 4 members (excludes halogenated alkanes) is 18. The van der Waals surface area contributed by atoms with Gasteiger partial charge in [0.05, 0.1) is 23.0 Å². The molecule has 0 bridgehead atoms. The van der Waals surface area contributed by atoms with Crippen molar-refractivity contribution in [2.45, 2.75) is 173 Å². The molecule has 8 heteroatoms. The monoisotopic (exact) mass is 693 g/mol. The van der Waals surface area contributed by atoms with Gasteiger partial charge in [-0.3, -0.25) is 0 Å². The van der Waals surface area contributed by atoms with E-state index in [1.807, 2.05) is 6.92 Å². The zero-order valence-corrected chi connectivity index (χ0v) is 31.5. The van der Waals surface area contributed by atoms with Gasteiger partial charge in [-0.25, -0.2) is 8.42 Å². The SMILES string of the molecule is CCCCCCCCCCCCCCCC[C@@H]1CO[C@@H](COCCCCCCCC[n+]2ccsc2)C1.Cc1ccc(S(=O)(=O)[O-])cc1. The molecule has 2 heterocycles. The summed E-state index contributed by atoms with van der Waals surface area (Å²) < 4.78 is 45.4. The lowest BCUT2D eigenvalue weighted by molar-refractivity contribution is -0.692.